The highest BCUT2D eigenvalue weighted by molar-refractivity contribution is 5.95. The van der Waals surface area contributed by atoms with Gasteiger partial charge in [0, 0.05) is 32.3 Å². The molecule has 25 heavy (non-hydrogen) atoms. The van der Waals surface area contributed by atoms with E-state index in [-0.39, 0.29) is 30.7 Å². The summed E-state index contributed by atoms with van der Waals surface area (Å²) >= 11 is 0. The Hall–Kier alpha value is -1.66. The van der Waals surface area contributed by atoms with Crippen molar-refractivity contribution >= 4 is 30.7 Å². The SMILES string of the molecule is COCCNCCNC(=O)c1ccc(-c2ccccc2)nc1C.Cl.Cl. The topological polar surface area (TPSA) is 63.2 Å². The van der Waals surface area contributed by atoms with Gasteiger partial charge in [-0.2, -0.15) is 0 Å². The second-order valence-corrected chi connectivity index (χ2v) is 5.19. The normalized spacial score (nSPS) is 9.68. The summed E-state index contributed by atoms with van der Waals surface area (Å²) in [7, 11) is 1.67. The standard InChI is InChI=1S/C18H23N3O2.2ClH/c1-14-16(18(22)20-11-10-19-12-13-23-2)8-9-17(21-14)15-6-4-3-5-7-15;;/h3-9,19H,10-13H2,1-2H3,(H,20,22);2*1H. The number of nitrogens with zero attached hydrogens (tertiary/aromatic N) is 1. The number of aromatic nitrogens is 1. The van der Waals surface area contributed by atoms with Gasteiger partial charge in [-0.05, 0) is 19.1 Å². The number of rotatable bonds is 8. The van der Waals surface area contributed by atoms with Crippen LogP contribution in [-0.4, -0.2) is 44.2 Å². The van der Waals surface area contributed by atoms with Crippen molar-refractivity contribution in [1.82, 2.24) is 15.6 Å². The molecule has 0 saturated carbocycles. The van der Waals surface area contributed by atoms with E-state index in [0.29, 0.717) is 25.3 Å². The van der Waals surface area contributed by atoms with Gasteiger partial charge in [0.15, 0.2) is 0 Å². The lowest BCUT2D eigenvalue weighted by Crippen LogP contribution is -2.33. The van der Waals surface area contributed by atoms with E-state index in [1.807, 2.05) is 49.4 Å². The summed E-state index contributed by atoms with van der Waals surface area (Å²) in [6.45, 7) is 4.58. The minimum absolute atomic E-state index is 0. The maximum absolute atomic E-state index is 12.2. The second-order valence-electron chi connectivity index (χ2n) is 5.19. The van der Waals surface area contributed by atoms with E-state index < -0.39 is 0 Å². The number of carbonyl (C=O) groups excluding carboxylic acids is 1. The van der Waals surface area contributed by atoms with E-state index in [0.717, 1.165) is 23.5 Å². The molecule has 2 N–H and O–H groups in total. The lowest BCUT2D eigenvalue weighted by molar-refractivity contribution is 0.0952. The van der Waals surface area contributed by atoms with Crippen molar-refractivity contribution in [3.8, 4) is 11.3 Å². The Labute approximate surface area is 161 Å². The van der Waals surface area contributed by atoms with E-state index in [2.05, 4.69) is 15.6 Å². The van der Waals surface area contributed by atoms with Crippen LogP contribution in [0.3, 0.4) is 0 Å². The summed E-state index contributed by atoms with van der Waals surface area (Å²) < 4.78 is 4.94. The molecular weight excluding hydrogens is 361 g/mol. The van der Waals surface area contributed by atoms with Crippen LogP contribution < -0.4 is 10.6 Å². The molecule has 0 atom stereocenters. The van der Waals surface area contributed by atoms with Crippen LogP contribution in [-0.2, 0) is 4.74 Å². The van der Waals surface area contributed by atoms with Gasteiger partial charge in [0.25, 0.3) is 5.91 Å². The highest BCUT2D eigenvalue weighted by Crippen LogP contribution is 2.18. The van der Waals surface area contributed by atoms with Crippen LogP contribution in [0.25, 0.3) is 11.3 Å². The van der Waals surface area contributed by atoms with Crippen LogP contribution in [0, 0.1) is 6.92 Å². The van der Waals surface area contributed by atoms with Crippen LogP contribution in [0.2, 0.25) is 0 Å². The summed E-state index contributed by atoms with van der Waals surface area (Å²) in [6.07, 6.45) is 0. The smallest absolute Gasteiger partial charge is 0.253 e. The minimum atomic E-state index is -0.0943. The highest BCUT2D eigenvalue weighted by Gasteiger charge is 2.10. The van der Waals surface area contributed by atoms with E-state index in [1.54, 1.807) is 7.11 Å². The fourth-order valence-corrected chi connectivity index (χ4v) is 2.23. The van der Waals surface area contributed by atoms with E-state index in [9.17, 15) is 4.79 Å². The number of ether oxygens (including phenoxy) is 1. The molecule has 2 aromatic rings. The molecule has 138 valence electrons. The lowest BCUT2D eigenvalue weighted by atomic mass is 10.1. The van der Waals surface area contributed by atoms with Crippen molar-refractivity contribution in [1.29, 1.82) is 0 Å². The van der Waals surface area contributed by atoms with Gasteiger partial charge in [-0.1, -0.05) is 30.3 Å². The summed E-state index contributed by atoms with van der Waals surface area (Å²) in [4.78, 5) is 16.7. The molecule has 0 aliphatic rings. The zero-order chi connectivity index (χ0) is 16.5. The zero-order valence-electron chi connectivity index (χ0n) is 14.5. The molecule has 0 unspecified atom stereocenters. The van der Waals surface area contributed by atoms with Gasteiger partial charge in [0.2, 0.25) is 0 Å². The number of methoxy groups -OCH3 is 1. The van der Waals surface area contributed by atoms with Crippen LogP contribution in [0.5, 0.6) is 0 Å². The number of carbonyl (C=O) groups is 1. The van der Waals surface area contributed by atoms with Gasteiger partial charge in [-0.25, -0.2) is 0 Å². The number of hydrogen-bond acceptors (Lipinski definition) is 4. The predicted molar refractivity (Wildman–Crippen MR) is 106 cm³/mol. The molecule has 7 heteroatoms. The first-order chi connectivity index (χ1) is 11.2. The molecule has 0 saturated heterocycles. The molecule has 0 bridgehead atoms. The first kappa shape index (κ1) is 23.3. The maximum atomic E-state index is 12.2. The highest BCUT2D eigenvalue weighted by atomic mass is 35.5. The molecule has 0 aliphatic heterocycles. The molecule has 0 radical (unpaired) electrons. The quantitative estimate of drug-likeness (QED) is 0.685. The molecule has 1 amide bonds. The fraction of sp³-hybridized carbons (Fsp3) is 0.333. The summed E-state index contributed by atoms with van der Waals surface area (Å²) in [5, 5.41) is 6.08. The first-order valence-electron chi connectivity index (χ1n) is 7.73. The molecule has 0 spiro atoms. The lowest BCUT2D eigenvalue weighted by Gasteiger charge is -2.09. The molecule has 2 rings (SSSR count). The third-order valence-corrected chi connectivity index (χ3v) is 3.47. The van der Waals surface area contributed by atoms with Crippen LogP contribution in [0.1, 0.15) is 16.1 Å². The third kappa shape index (κ3) is 7.40. The molecule has 1 aromatic heterocycles. The zero-order valence-corrected chi connectivity index (χ0v) is 16.1. The Morgan fingerprint density at radius 1 is 1.04 bits per heavy atom. The molecular formula is C18H25Cl2N3O2. The van der Waals surface area contributed by atoms with Gasteiger partial charge in [0.05, 0.1) is 23.6 Å². The number of amides is 1. The van der Waals surface area contributed by atoms with Crippen LogP contribution in [0.4, 0.5) is 0 Å². The van der Waals surface area contributed by atoms with Gasteiger partial charge in [0.1, 0.15) is 0 Å². The minimum Gasteiger partial charge on any atom is -0.383 e. The van der Waals surface area contributed by atoms with Gasteiger partial charge < -0.3 is 15.4 Å². The Kier molecular flexibility index (Phi) is 11.8. The average molecular weight is 386 g/mol. The Morgan fingerprint density at radius 3 is 2.40 bits per heavy atom. The Morgan fingerprint density at radius 2 is 1.76 bits per heavy atom. The number of hydrogen-bond donors (Lipinski definition) is 2. The average Bonchev–Trinajstić information content (AvgIpc) is 2.58. The molecule has 0 aliphatic carbocycles. The fourth-order valence-electron chi connectivity index (χ4n) is 2.23. The van der Waals surface area contributed by atoms with E-state index in [1.165, 1.54) is 0 Å². The van der Waals surface area contributed by atoms with Crippen LogP contribution >= 0.6 is 24.8 Å². The van der Waals surface area contributed by atoms with Gasteiger partial charge >= 0.3 is 0 Å². The Bertz CT molecular complexity index is 639. The summed E-state index contributed by atoms with van der Waals surface area (Å²) in [6, 6.07) is 13.7. The van der Waals surface area contributed by atoms with E-state index in [4.69, 9.17) is 4.74 Å². The number of nitrogens with one attached hydrogen (secondary N) is 2. The van der Waals surface area contributed by atoms with Crippen molar-refractivity contribution in [2.24, 2.45) is 0 Å². The van der Waals surface area contributed by atoms with Crippen molar-refractivity contribution in [2.75, 3.05) is 33.4 Å². The Balaban J connectivity index is 0.00000288. The van der Waals surface area contributed by atoms with Crippen molar-refractivity contribution < 1.29 is 9.53 Å². The van der Waals surface area contributed by atoms with Crippen LogP contribution in [0.15, 0.2) is 42.5 Å². The third-order valence-electron chi connectivity index (χ3n) is 3.47. The first-order valence-corrected chi connectivity index (χ1v) is 7.73. The van der Waals surface area contributed by atoms with Crippen molar-refractivity contribution in [2.45, 2.75) is 6.92 Å². The molecule has 0 fully saturated rings. The van der Waals surface area contributed by atoms with Gasteiger partial charge in [-0.15, -0.1) is 24.8 Å². The second kappa shape index (κ2) is 12.7. The van der Waals surface area contributed by atoms with Crippen molar-refractivity contribution in [3.05, 3.63) is 53.7 Å². The number of benzene rings is 1. The number of pyridine rings is 1. The predicted octanol–water partition coefficient (Wildman–Crippen LogP) is 2.87. The number of aryl methyl sites for hydroxylation is 1. The monoisotopic (exact) mass is 385 g/mol. The molecule has 1 heterocycles. The van der Waals surface area contributed by atoms with E-state index >= 15 is 0 Å². The summed E-state index contributed by atoms with van der Waals surface area (Å²) in [5.41, 5.74) is 3.27. The maximum Gasteiger partial charge on any atom is 0.253 e. The number of halogens is 2. The molecule has 5 nitrogen and oxygen atoms in total. The molecule has 1 aromatic carbocycles. The summed E-state index contributed by atoms with van der Waals surface area (Å²) in [5.74, 6) is -0.0943. The van der Waals surface area contributed by atoms with Crippen molar-refractivity contribution in [3.63, 3.8) is 0 Å². The van der Waals surface area contributed by atoms with Gasteiger partial charge in [-0.3, -0.25) is 9.78 Å². The largest absolute Gasteiger partial charge is 0.383 e.